The molecule has 8 heteroatoms. The minimum absolute atomic E-state index is 0.0488. The fourth-order valence-electron chi connectivity index (χ4n) is 1.80. The van der Waals surface area contributed by atoms with Gasteiger partial charge >= 0.3 is 12.1 Å². The van der Waals surface area contributed by atoms with Gasteiger partial charge in [-0.25, -0.2) is 4.79 Å². The number of carboxylic acid groups (broad SMARTS) is 1. The molecule has 1 aromatic heterocycles. The highest BCUT2D eigenvalue weighted by Gasteiger charge is 2.29. The fourth-order valence-corrected chi connectivity index (χ4v) is 1.80. The highest BCUT2D eigenvalue weighted by Crippen LogP contribution is 2.29. The lowest BCUT2D eigenvalue weighted by molar-refractivity contribution is -0.148. The van der Waals surface area contributed by atoms with Crippen LogP contribution in [0.2, 0.25) is 0 Å². The molecule has 0 spiro atoms. The molecule has 0 aliphatic rings. The third kappa shape index (κ3) is 4.80. The first-order valence-electron chi connectivity index (χ1n) is 6.75. The summed E-state index contributed by atoms with van der Waals surface area (Å²) in [7, 11) is 0. The van der Waals surface area contributed by atoms with Crippen molar-refractivity contribution in [2.24, 2.45) is 0 Å². The molecule has 0 aliphatic carbocycles. The van der Waals surface area contributed by atoms with Gasteiger partial charge in [0.15, 0.2) is 0 Å². The molecule has 1 N–H and O–H groups in total. The summed E-state index contributed by atoms with van der Waals surface area (Å²) >= 11 is 0. The average molecular weight is 339 g/mol. The van der Waals surface area contributed by atoms with Gasteiger partial charge in [-0.1, -0.05) is 12.1 Å². The van der Waals surface area contributed by atoms with Crippen molar-refractivity contribution in [1.29, 1.82) is 0 Å². The quantitative estimate of drug-likeness (QED) is 0.819. The molecule has 0 bridgehead atoms. The second-order valence-electron chi connectivity index (χ2n) is 4.87. The van der Waals surface area contributed by atoms with E-state index >= 15 is 0 Å². The second-order valence-corrected chi connectivity index (χ2v) is 4.87. The van der Waals surface area contributed by atoms with E-state index in [4.69, 9.17) is 9.84 Å². The molecule has 5 nitrogen and oxygen atoms in total. The van der Waals surface area contributed by atoms with Crippen LogP contribution in [-0.4, -0.2) is 21.8 Å². The Kier molecular flexibility index (Phi) is 5.18. The monoisotopic (exact) mass is 339 g/mol. The van der Waals surface area contributed by atoms with Crippen LogP contribution in [0, 0.1) is 0 Å². The predicted octanol–water partition coefficient (Wildman–Crippen LogP) is 2.88. The van der Waals surface area contributed by atoms with E-state index in [0.29, 0.717) is 11.3 Å². The number of ether oxygens (including phenoxy) is 1. The van der Waals surface area contributed by atoms with Crippen molar-refractivity contribution in [2.75, 3.05) is 0 Å². The third-order valence-corrected chi connectivity index (χ3v) is 3.06. The zero-order valence-corrected chi connectivity index (χ0v) is 12.2. The lowest BCUT2D eigenvalue weighted by atomic mass is 10.1. The molecule has 0 unspecified atom stereocenters. The van der Waals surface area contributed by atoms with Gasteiger partial charge < -0.3 is 9.84 Å². The van der Waals surface area contributed by atoms with Crippen LogP contribution in [0.5, 0.6) is 5.75 Å². The Hall–Kier alpha value is -2.90. The summed E-state index contributed by atoms with van der Waals surface area (Å²) in [6.07, 6.45) is -3.39. The molecule has 1 aromatic carbocycles. The Labute approximate surface area is 134 Å². The number of Topliss-reactive ketones (excluding diaryl/α,β-unsaturated/α-hetero) is 1. The van der Waals surface area contributed by atoms with Gasteiger partial charge in [0.25, 0.3) is 0 Å². The van der Waals surface area contributed by atoms with Gasteiger partial charge in [-0.3, -0.25) is 9.78 Å². The minimum atomic E-state index is -4.38. The number of pyridine rings is 1. The van der Waals surface area contributed by atoms with Gasteiger partial charge in [-0.15, -0.1) is 0 Å². The van der Waals surface area contributed by atoms with Crippen LogP contribution in [0.25, 0.3) is 0 Å². The second kappa shape index (κ2) is 7.12. The molecular weight excluding hydrogens is 327 g/mol. The molecule has 0 amide bonds. The predicted molar refractivity (Wildman–Crippen MR) is 76.4 cm³/mol. The van der Waals surface area contributed by atoms with E-state index in [2.05, 4.69) is 4.98 Å². The molecule has 126 valence electrons. The maximum absolute atomic E-state index is 12.4. The summed E-state index contributed by atoms with van der Waals surface area (Å²) < 4.78 is 42.7. The molecule has 0 aliphatic heterocycles. The van der Waals surface area contributed by atoms with Gasteiger partial charge in [-0.2, -0.15) is 13.2 Å². The SMILES string of the molecule is O=C(O)C(=O)Cc1ccc(OCc2ccc(C(F)(F)F)cc2)cn1. The van der Waals surface area contributed by atoms with Crippen LogP contribution in [0.3, 0.4) is 0 Å². The summed E-state index contributed by atoms with van der Waals surface area (Å²) in [5.74, 6) is -2.15. The topological polar surface area (TPSA) is 76.5 Å². The number of nitrogens with zero attached hydrogens (tertiary/aromatic N) is 1. The van der Waals surface area contributed by atoms with Crippen LogP contribution in [0.4, 0.5) is 13.2 Å². The highest BCUT2D eigenvalue weighted by atomic mass is 19.4. The molecular formula is C16H12F3NO4. The molecule has 24 heavy (non-hydrogen) atoms. The largest absolute Gasteiger partial charge is 0.487 e. The number of aromatic nitrogens is 1. The number of carbonyl (C=O) groups excluding carboxylic acids is 1. The lowest BCUT2D eigenvalue weighted by Crippen LogP contribution is -2.15. The zero-order valence-electron chi connectivity index (χ0n) is 12.2. The van der Waals surface area contributed by atoms with E-state index in [-0.39, 0.29) is 18.7 Å². The lowest BCUT2D eigenvalue weighted by Gasteiger charge is -2.09. The third-order valence-electron chi connectivity index (χ3n) is 3.06. The van der Waals surface area contributed by atoms with E-state index in [9.17, 15) is 22.8 Å². The van der Waals surface area contributed by atoms with Gasteiger partial charge in [0.05, 0.1) is 18.2 Å². The first-order chi connectivity index (χ1) is 11.3. The Bertz CT molecular complexity index is 724. The summed E-state index contributed by atoms with van der Waals surface area (Å²) in [6.45, 7) is 0.0488. The molecule has 0 saturated carbocycles. The standard InChI is InChI=1S/C16H12F3NO4/c17-16(18,19)11-3-1-10(2-4-11)9-24-13-6-5-12(20-8-13)7-14(21)15(22)23/h1-6,8H,7,9H2,(H,22,23). The smallest absolute Gasteiger partial charge is 0.416 e. The summed E-state index contributed by atoms with van der Waals surface area (Å²) in [6, 6.07) is 7.52. The van der Waals surface area contributed by atoms with E-state index < -0.39 is 23.5 Å². The maximum Gasteiger partial charge on any atom is 0.416 e. The van der Waals surface area contributed by atoms with Crippen LogP contribution >= 0.6 is 0 Å². The first kappa shape index (κ1) is 17.5. The zero-order chi connectivity index (χ0) is 17.7. The van der Waals surface area contributed by atoms with Crippen LogP contribution in [-0.2, 0) is 28.8 Å². The molecule has 0 fully saturated rings. The van der Waals surface area contributed by atoms with E-state index in [1.54, 1.807) is 0 Å². The van der Waals surface area contributed by atoms with Crippen LogP contribution in [0.15, 0.2) is 42.6 Å². The molecule has 2 aromatic rings. The molecule has 2 rings (SSSR count). The summed E-state index contributed by atoms with van der Waals surface area (Å²) in [5, 5.41) is 8.51. The summed E-state index contributed by atoms with van der Waals surface area (Å²) in [4.78, 5) is 25.4. The number of hydrogen-bond donors (Lipinski definition) is 1. The number of carboxylic acids is 1. The maximum atomic E-state index is 12.4. The van der Waals surface area contributed by atoms with Crippen molar-refractivity contribution in [2.45, 2.75) is 19.2 Å². The first-order valence-corrected chi connectivity index (χ1v) is 6.75. The molecule has 0 radical (unpaired) electrons. The number of halogens is 3. The van der Waals surface area contributed by atoms with Crippen molar-refractivity contribution < 1.29 is 32.6 Å². The Morgan fingerprint density at radius 1 is 1.08 bits per heavy atom. The number of benzene rings is 1. The van der Waals surface area contributed by atoms with Crippen LogP contribution < -0.4 is 4.74 Å². The van der Waals surface area contributed by atoms with Gasteiger partial charge in [0, 0.05) is 5.69 Å². The van der Waals surface area contributed by atoms with Crippen molar-refractivity contribution in [3.8, 4) is 5.75 Å². The van der Waals surface area contributed by atoms with Crippen molar-refractivity contribution in [1.82, 2.24) is 4.98 Å². The number of alkyl halides is 3. The Morgan fingerprint density at radius 2 is 1.75 bits per heavy atom. The van der Waals surface area contributed by atoms with Gasteiger partial charge in [-0.05, 0) is 29.8 Å². The normalized spacial score (nSPS) is 11.1. The average Bonchev–Trinajstić information content (AvgIpc) is 2.53. The molecule has 0 saturated heterocycles. The highest BCUT2D eigenvalue weighted by molar-refractivity contribution is 6.33. The molecule has 1 heterocycles. The van der Waals surface area contributed by atoms with Gasteiger partial charge in [0.2, 0.25) is 5.78 Å². The Balaban J connectivity index is 1.92. The van der Waals surface area contributed by atoms with Crippen molar-refractivity contribution in [3.05, 3.63) is 59.4 Å². The van der Waals surface area contributed by atoms with E-state index in [1.165, 1.54) is 30.5 Å². The van der Waals surface area contributed by atoms with Gasteiger partial charge in [0.1, 0.15) is 12.4 Å². The minimum Gasteiger partial charge on any atom is -0.487 e. The number of carbonyl (C=O) groups is 2. The van der Waals surface area contributed by atoms with E-state index in [0.717, 1.165) is 12.1 Å². The Morgan fingerprint density at radius 3 is 2.25 bits per heavy atom. The number of rotatable bonds is 6. The van der Waals surface area contributed by atoms with Crippen molar-refractivity contribution in [3.63, 3.8) is 0 Å². The number of ketones is 1. The number of aliphatic carboxylic acids is 1. The van der Waals surface area contributed by atoms with E-state index in [1.807, 2.05) is 0 Å². The van der Waals surface area contributed by atoms with Crippen molar-refractivity contribution >= 4 is 11.8 Å². The molecule has 0 atom stereocenters. The summed E-state index contributed by atoms with van der Waals surface area (Å²) in [5.41, 5.74) is 0.0952. The van der Waals surface area contributed by atoms with Crippen LogP contribution in [0.1, 0.15) is 16.8 Å². The fraction of sp³-hybridized carbons (Fsp3) is 0.188. The number of hydrogen-bond acceptors (Lipinski definition) is 4.